The van der Waals surface area contributed by atoms with Gasteiger partial charge in [0, 0.05) is 12.6 Å². The minimum Gasteiger partial charge on any atom is -0.481 e. The molecule has 0 aliphatic heterocycles. The van der Waals surface area contributed by atoms with Crippen LogP contribution in [-0.4, -0.2) is 17.1 Å². The first-order valence-corrected chi connectivity index (χ1v) is 5.64. The first-order valence-electron chi connectivity index (χ1n) is 5.64. The Morgan fingerprint density at radius 2 is 1.88 bits per heavy atom. The molecule has 16 heavy (non-hydrogen) atoms. The van der Waals surface area contributed by atoms with Gasteiger partial charge in [-0.05, 0) is 24.5 Å². The third kappa shape index (κ3) is 4.45. The van der Waals surface area contributed by atoms with E-state index in [4.69, 9.17) is 5.11 Å². The van der Waals surface area contributed by atoms with E-state index in [0.29, 0.717) is 0 Å². The normalized spacial score (nSPS) is 12.4. The van der Waals surface area contributed by atoms with Crippen LogP contribution in [0.25, 0.3) is 0 Å². The van der Waals surface area contributed by atoms with Crippen molar-refractivity contribution in [2.24, 2.45) is 0 Å². The number of hydrogen-bond acceptors (Lipinski definition) is 2. The van der Waals surface area contributed by atoms with Crippen molar-refractivity contribution in [3.05, 3.63) is 35.4 Å². The lowest BCUT2D eigenvalue weighted by Crippen LogP contribution is -2.27. The maximum Gasteiger partial charge on any atom is 0.304 e. The third-order valence-electron chi connectivity index (χ3n) is 2.57. The highest BCUT2D eigenvalue weighted by molar-refractivity contribution is 5.67. The van der Waals surface area contributed by atoms with Gasteiger partial charge in [-0.15, -0.1) is 0 Å². The van der Waals surface area contributed by atoms with Crippen LogP contribution in [0.3, 0.4) is 0 Å². The molecule has 0 bridgehead atoms. The number of aryl methyl sites for hydroxylation is 1. The van der Waals surface area contributed by atoms with Crippen LogP contribution < -0.4 is 5.32 Å². The Kier molecular flexibility index (Phi) is 4.99. The zero-order valence-electron chi connectivity index (χ0n) is 9.86. The standard InChI is InChI=1S/C13H19NO2/c1-3-11-4-6-12(7-5-11)9-14-10(2)8-13(15)16/h4-7,10,14H,3,8-9H2,1-2H3,(H,15,16). The Labute approximate surface area is 96.5 Å². The molecule has 0 aliphatic carbocycles. The molecule has 1 unspecified atom stereocenters. The van der Waals surface area contributed by atoms with Crippen LogP contribution in [0.5, 0.6) is 0 Å². The molecule has 0 aliphatic rings. The molecular weight excluding hydrogens is 202 g/mol. The average molecular weight is 221 g/mol. The zero-order chi connectivity index (χ0) is 12.0. The number of hydrogen-bond donors (Lipinski definition) is 2. The minimum absolute atomic E-state index is 0.00310. The SMILES string of the molecule is CCc1ccc(CNC(C)CC(=O)O)cc1. The first-order chi connectivity index (χ1) is 7.61. The predicted octanol–water partition coefficient (Wildman–Crippen LogP) is 2.20. The largest absolute Gasteiger partial charge is 0.481 e. The quantitative estimate of drug-likeness (QED) is 0.774. The van der Waals surface area contributed by atoms with Gasteiger partial charge in [0.2, 0.25) is 0 Å². The summed E-state index contributed by atoms with van der Waals surface area (Å²) in [4.78, 5) is 10.5. The van der Waals surface area contributed by atoms with E-state index in [1.54, 1.807) is 0 Å². The lowest BCUT2D eigenvalue weighted by molar-refractivity contribution is -0.137. The zero-order valence-corrected chi connectivity index (χ0v) is 9.86. The summed E-state index contributed by atoms with van der Waals surface area (Å²) in [6.07, 6.45) is 1.20. The summed E-state index contributed by atoms with van der Waals surface area (Å²) < 4.78 is 0. The molecule has 1 atom stereocenters. The van der Waals surface area contributed by atoms with Crippen molar-refractivity contribution < 1.29 is 9.90 Å². The van der Waals surface area contributed by atoms with Gasteiger partial charge >= 0.3 is 5.97 Å². The maximum atomic E-state index is 10.5. The van der Waals surface area contributed by atoms with Gasteiger partial charge in [-0.3, -0.25) is 4.79 Å². The number of carboxylic acid groups (broad SMARTS) is 1. The van der Waals surface area contributed by atoms with Crippen LogP contribution in [0.15, 0.2) is 24.3 Å². The summed E-state index contributed by atoms with van der Waals surface area (Å²) >= 11 is 0. The smallest absolute Gasteiger partial charge is 0.304 e. The van der Waals surface area contributed by atoms with E-state index in [9.17, 15) is 4.79 Å². The molecule has 0 saturated heterocycles. The number of benzene rings is 1. The number of carboxylic acids is 1. The van der Waals surface area contributed by atoms with Gasteiger partial charge in [0.1, 0.15) is 0 Å². The van der Waals surface area contributed by atoms with Crippen molar-refractivity contribution in [3.8, 4) is 0 Å². The van der Waals surface area contributed by atoms with Gasteiger partial charge in [0.15, 0.2) is 0 Å². The molecule has 1 aromatic rings. The minimum atomic E-state index is -0.763. The highest BCUT2D eigenvalue weighted by atomic mass is 16.4. The fourth-order valence-electron chi connectivity index (χ4n) is 1.52. The van der Waals surface area contributed by atoms with Gasteiger partial charge in [-0.2, -0.15) is 0 Å². The number of aliphatic carboxylic acids is 1. The fraction of sp³-hybridized carbons (Fsp3) is 0.462. The van der Waals surface area contributed by atoms with Crippen LogP contribution in [0.1, 0.15) is 31.4 Å². The number of nitrogens with one attached hydrogen (secondary N) is 1. The lowest BCUT2D eigenvalue weighted by atomic mass is 10.1. The van der Waals surface area contributed by atoms with E-state index >= 15 is 0 Å². The molecule has 0 aromatic heterocycles. The fourth-order valence-corrected chi connectivity index (χ4v) is 1.52. The van der Waals surface area contributed by atoms with Gasteiger partial charge in [-0.1, -0.05) is 31.2 Å². The summed E-state index contributed by atoms with van der Waals surface area (Å²) in [7, 11) is 0. The van der Waals surface area contributed by atoms with Crippen molar-refractivity contribution >= 4 is 5.97 Å². The molecule has 2 N–H and O–H groups in total. The molecule has 0 spiro atoms. The molecule has 3 nitrogen and oxygen atoms in total. The molecule has 0 fully saturated rings. The molecule has 0 saturated carbocycles. The Bertz CT molecular complexity index is 332. The summed E-state index contributed by atoms with van der Waals surface area (Å²) in [5.41, 5.74) is 2.51. The van der Waals surface area contributed by atoms with Crippen molar-refractivity contribution in [1.29, 1.82) is 0 Å². The van der Waals surface area contributed by atoms with Crippen molar-refractivity contribution in [1.82, 2.24) is 5.32 Å². The van der Waals surface area contributed by atoms with E-state index in [-0.39, 0.29) is 12.5 Å². The van der Waals surface area contributed by atoms with Crippen molar-refractivity contribution in [2.45, 2.75) is 39.3 Å². The molecule has 1 rings (SSSR count). The molecule has 3 heteroatoms. The van der Waals surface area contributed by atoms with Gasteiger partial charge in [0.25, 0.3) is 0 Å². The molecule has 1 aromatic carbocycles. The Morgan fingerprint density at radius 1 is 1.31 bits per heavy atom. The maximum absolute atomic E-state index is 10.5. The van der Waals surface area contributed by atoms with E-state index in [0.717, 1.165) is 13.0 Å². The van der Waals surface area contributed by atoms with E-state index < -0.39 is 5.97 Å². The van der Waals surface area contributed by atoms with Gasteiger partial charge < -0.3 is 10.4 Å². The number of rotatable bonds is 6. The van der Waals surface area contributed by atoms with Crippen LogP contribution in [0, 0.1) is 0 Å². The highest BCUT2D eigenvalue weighted by Gasteiger charge is 2.06. The highest BCUT2D eigenvalue weighted by Crippen LogP contribution is 2.05. The molecule has 0 amide bonds. The van der Waals surface area contributed by atoms with E-state index in [1.807, 2.05) is 6.92 Å². The second kappa shape index (κ2) is 6.28. The topological polar surface area (TPSA) is 49.3 Å². The van der Waals surface area contributed by atoms with Crippen LogP contribution in [-0.2, 0) is 17.8 Å². The third-order valence-corrected chi connectivity index (χ3v) is 2.57. The Balaban J connectivity index is 2.39. The van der Waals surface area contributed by atoms with Crippen LogP contribution in [0.4, 0.5) is 0 Å². The monoisotopic (exact) mass is 221 g/mol. The van der Waals surface area contributed by atoms with Gasteiger partial charge in [-0.25, -0.2) is 0 Å². The van der Waals surface area contributed by atoms with Crippen molar-refractivity contribution in [2.75, 3.05) is 0 Å². The van der Waals surface area contributed by atoms with Gasteiger partial charge in [0.05, 0.1) is 6.42 Å². The predicted molar refractivity (Wildman–Crippen MR) is 64.4 cm³/mol. The second-order valence-corrected chi connectivity index (χ2v) is 4.05. The van der Waals surface area contributed by atoms with E-state index in [1.165, 1.54) is 11.1 Å². The summed E-state index contributed by atoms with van der Waals surface area (Å²) in [5.74, 6) is -0.763. The first kappa shape index (κ1) is 12.7. The van der Waals surface area contributed by atoms with Crippen molar-refractivity contribution in [3.63, 3.8) is 0 Å². The Hall–Kier alpha value is -1.35. The summed E-state index contributed by atoms with van der Waals surface area (Å²) in [6.45, 7) is 4.73. The van der Waals surface area contributed by atoms with Crippen LogP contribution >= 0.6 is 0 Å². The van der Waals surface area contributed by atoms with Crippen LogP contribution in [0.2, 0.25) is 0 Å². The van der Waals surface area contributed by atoms with E-state index in [2.05, 4.69) is 36.5 Å². The average Bonchev–Trinajstić information content (AvgIpc) is 2.26. The summed E-state index contributed by atoms with van der Waals surface area (Å²) in [5, 5.41) is 11.8. The molecule has 0 heterocycles. The number of carbonyl (C=O) groups is 1. The second-order valence-electron chi connectivity index (χ2n) is 4.05. The lowest BCUT2D eigenvalue weighted by Gasteiger charge is -2.11. The molecule has 0 radical (unpaired) electrons. The summed E-state index contributed by atoms with van der Waals surface area (Å²) in [6, 6.07) is 8.39. The molecule has 88 valence electrons. The molecular formula is C13H19NO2. The Morgan fingerprint density at radius 3 is 2.38 bits per heavy atom.